The van der Waals surface area contributed by atoms with Crippen molar-refractivity contribution in [2.45, 2.75) is 6.42 Å². The van der Waals surface area contributed by atoms with Crippen LogP contribution in [0.1, 0.15) is 12.0 Å². The molecule has 0 aliphatic rings. The molecule has 0 aliphatic heterocycles. The van der Waals surface area contributed by atoms with Crippen molar-refractivity contribution in [1.82, 2.24) is 4.90 Å². The van der Waals surface area contributed by atoms with Crippen molar-refractivity contribution in [3.8, 4) is 17.2 Å². The number of hydrogen-bond acceptors (Lipinski definition) is 5. The molecule has 2 rings (SSSR count). The van der Waals surface area contributed by atoms with Gasteiger partial charge in [-0.2, -0.15) is 0 Å². The average Bonchev–Trinajstić information content (AvgIpc) is 2.70. The van der Waals surface area contributed by atoms with E-state index in [4.69, 9.17) is 14.2 Å². The number of rotatable bonds is 10. The molecule has 0 radical (unpaired) electrons. The van der Waals surface area contributed by atoms with Crippen LogP contribution in [0.25, 0.3) is 6.08 Å². The quantitative estimate of drug-likeness (QED) is 0.500. The molecule has 0 saturated carbocycles. The summed E-state index contributed by atoms with van der Waals surface area (Å²) < 4.78 is 16.2. The van der Waals surface area contributed by atoms with E-state index in [-0.39, 0.29) is 5.91 Å². The van der Waals surface area contributed by atoms with Gasteiger partial charge in [0.05, 0.1) is 20.8 Å². The van der Waals surface area contributed by atoms with Crippen molar-refractivity contribution in [2.75, 3.05) is 46.8 Å². The summed E-state index contributed by atoms with van der Waals surface area (Å²) in [6.45, 7) is 1.65. The fourth-order valence-electron chi connectivity index (χ4n) is 2.52. The summed E-state index contributed by atoms with van der Waals surface area (Å²) in [5, 5.41) is 2.83. The Kier molecular flexibility index (Phi) is 8.37. The van der Waals surface area contributed by atoms with Crippen molar-refractivity contribution in [3.63, 3.8) is 0 Å². The van der Waals surface area contributed by atoms with E-state index in [0.717, 1.165) is 24.3 Å². The summed E-state index contributed by atoms with van der Waals surface area (Å²) in [6, 6.07) is 12.7. The van der Waals surface area contributed by atoms with Gasteiger partial charge in [0.2, 0.25) is 5.91 Å². The second kappa shape index (κ2) is 11.0. The van der Waals surface area contributed by atoms with Gasteiger partial charge in [-0.1, -0.05) is 0 Å². The summed E-state index contributed by atoms with van der Waals surface area (Å²) in [5.74, 6) is 1.92. The van der Waals surface area contributed by atoms with Crippen LogP contribution in [-0.4, -0.2) is 52.3 Å². The first-order valence-electron chi connectivity index (χ1n) is 9.10. The Bertz CT molecular complexity index is 786. The fourth-order valence-corrected chi connectivity index (χ4v) is 2.52. The van der Waals surface area contributed by atoms with Crippen molar-refractivity contribution in [3.05, 3.63) is 54.1 Å². The molecule has 28 heavy (non-hydrogen) atoms. The van der Waals surface area contributed by atoms with Crippen LogP contribution >= 0.6 is 0 Å². The third-order valence-corrected chi connectivity index (χ3v) is 3.99. The van der Waals surface area contributed by atoms with Crippen LogP contribution in [0, 0.1) is 0 Å². The van der Waals surface area contributed by atoms with E-state index in [1.807, 2.05) is 44.4 Å². The molecule has 0 atom stereocenters. The maximum atomic E-state index is 12.2. The molecule has 0 spiro atoms. The number of carbonyl (C=O) groups excluding carboxylic acids is 1. The summed E-state index contributed by atoms with van der Waals surface area (Å²) in [7, 11) is 7.26. The maximum Gasteiger partial charge on any atom is 0.248 e. The number of amides is 1. The van der Waals surface area contributed by atoms with E-state index >= 15 is 0 Å². The van der Waals surface area contributed by atoms with Crippen LogP contribution < -0.4 is 19.5 Å². The van der Waals surface area contributed by atoms with Crippen molar-refractivity contribution in [1.29, 1.82) is 0 Å². The van der Waals surface area contributed by atoms with Crippen LogP contribution in [0.15, 0.2) is 48.5 Å². The number of hydrogen-bond donors (Lipinski definition) is 1. The highest BCUT2D eigenvalue weighted by Crippen LogP contribution is 2.25. The summed E-state index contributed by atoms with van der Waals surface area (Å²) in [5.41, 5.74) is 1.46. The monoisotopic (exact) mass is 384 g/mol. The van der Waals surface area contributed by atoms with Crippen LogP contribution in [-0.2, 0) is 4.79 Å². The van der Waals surface area contributed by atoms with Gasteiger partial charge in [-0.15, -0.1) is 0 Å². The molecule has 0 fully saturated rings. The molecule has 0 aromatic heterocycles. The van der Waals surface area contributed by atoms with Crippen molar-refractivity contribution >= 4 is 17.7 Å². The SMILES string of the molecule is COc1ccc(OC)c(/C=C/C(=O)Nc2ccc(OCCCN(C)C)cc2)c1. The molecule has 6 heteroatoms. The summed E-state index contributed by atoms with van der Waals surface area (Å²) in [6.07, 6.45) is 4.12. The van der Waals surface area contributed by atoms with E-state index in [0.29, 0.717) is 23.8 Å². The highest BCUT2D eigenvalue weighted by Gasteiger charge is 2.04. The van der Waals surface area contributed by atoms with E-state index in [1.54, 1.807) is 32.4 Å². The third-order valence-electron chi connectivity index (χ3n) is 3.99. The third kappa shape index (κ3) is 6.96. The molecule has 2 aromatic carbocycles. The Balaban J connectivity index is 1.90. The van der Waals surface area contributed by atoms with Gasteiger partial charge >= 0.3 is 0 Å². The molecular weight excluding hydrogens is 356 g/mol. The Labute approximate surface area is 166 Å². The number of methoxy groups -OCH3 is 2. The lowest BCUT2D eigenvalue weighted by molar-refractivity contribution is -0.111. The molecular formula is C22H28N2O4. The van der Waals surface area contributed by atoms with Crippen molar-refractivity contribution < 1.29 is 19.0 Å². The molecule has 2 aromatic rings. The molecule has 0 saturated heterocycles. The van der Waals surface area contributed by atoms with E-state index in [1.165, 1.54) is 6.08 Å². The first-order valence-corrected chi connectivity index (χ1v) is 9.10. The summed E-state index contributed by atoms with van der Waals surface area (Å²) in [4.78, 5) is 14.3. The summed E-state index contributed by atoms with van der Waals surface area (Å²) >= 11 is 0. The molecule has 6 nitrogen and oxygen atoms in total. The maximum absolute atomic E-state index is 12.2. The normalized spacial score (nSPS) is 10.9. The molecule has 0 aliphatic carbocycles. The number of ether oxygens (including phenoxy) is 3. The van der Waals surface area contributed by atoms with Gasteiger partial charge in [-0.3, -0.25) is 4.79 Å². The van der Waals surface area contributed by atoms with E-state index in [9.17, 15) is 4.79 Å². The first-order chi connectivity index (χ1) is 13.5. The zero-order chi connectivity index (χ0) is 20.4. The predicted octanol–water partition coefficient (Wildman–Crippen LogP) is 3.69. The fraction of sp³-hybridized carbons (Fsp3) is 0.318. The number of nitrogens with one attached hydrogen (secondary N) is 1. The minimum atomic E-state index is -0.232. The Morgan fingerprint density at radius 1 is 1.04 bits per heavy atom. The van der Waals surface area contributed by atoms with E-state index in [2.05, 4.69) is 10.2 Å². The minimum Gasteiger partial charge on any atom is -0.497 e. The van der Waals surface area contributed by atoms with Gasteiger partial charge in [0.15, 0.2) is 0 Å². The van der Waals surface area contributed by atoms with Gasteiger partial charge in [-0.05, 0) is 69.1 Å². The second-order valence-corrected chi connectivity index (χ2v) is 6.46. The number of carbonyl (C=O) groups is 1. The van der Waals surface area contributed by atoms with Crippen LogP contribution in [0.2, 0.25) is 0 Å². The Morgan fingerprint density at radius 3 is 2.39 bits per heavy atom. The lowest BCUT2D eigenvalue weighted by atomic mass is 10.1. The molecule has 0 unspecified atom stereocenters. The number of anilines is 1. The highest BCUT2D eigenvalue weighted by atomic mass is 16.5. The zero-order valence-corrected chi connectivity index (χ0v) is 16.9. The minimum absolute atomic E-state index is 0.232. The highest BCUT2D eigenvalue weighted by molar-refractivity contribution is 6.02. The Morgan fingerprint density at radius 2 is 1.75 bits per heavy atom. The largest absolute Gasteiger partial charge is 0.497 e. The van der Waals surface area contributed by atoms with E-state index < -0.39 is 0 Å². The topological polar surface area (TPSA) is 60.0 Å². The molecule has 0 heterocycles. The van der Waals surface area contributed by atoms with Crippen LogP contribution in [0.4, 0.5) is 5.69 Å². The molecule has 150 valence electrons. The van der Waals surface area contributed by atoms with Gasteiger partial charge in [0.1, 0.15) is 17.2 Å². The first kappa shape index (κ1) is 21.3. The van der Waals surface area contributed by atoms with Gasteiger partial charge < -0.3 is 24.4 Å². The standard InChI is InChI=1S/C22H28N2O4/c1-24(2)14-5-15-28-19-9-7-18(8-10-19)23-22(25)13-6-17-16-20(26-3)11-12-21(17)27-4/h6-13,16H,5,14-15H2,1-4H3,(H,23,25)/b13-6+. The lowest BCUT2D eigenvalue weighted by Crippen LogP contribution is -2.15. The van der Waals surface area contributed by atoms with Gasteiger partial charge in [0, 0.05) is 23.9 Å². The number of nitrogens with zero attached hydrogens (tertiary/aromatic N) is 1. The zero-order valence-electron chi connectivity index (χ0n) is 16.9. The molecule has 1 N–H and O–H groups in total. The smallest absolute Gasteiger partial charge is 0.248 e. The average molecular weight is 384 g/mol. The predicted molar refractivity (Wildman–Crippen MR) is 112 cm³/mol. The second-order valence-electron chi connectivity index (χ2n) is 6.46. The molecule has 1 amide bonds. The van der Waals surface area contributed by atoms with Crippen LogP contribution in [0.3, 0.4) is 0 Å². The number of benzene rings is 2. The molecule has 0 bridgehead atoms. The van der Waals surface area contributed by atoms with Crippen LogP contribution in [0.5, 0.6) is 17.2 Å². The van der Waals surface area contributed by atoms with Gasteiger partial charge in [0.25, 0.3) is 0 Å². The van der Waals surface area contributed by atoms with Gasteiger partial charge in [-0.25, -0.2) is 0 Å². The van der Waals surface area contributed by atoms with Crippen molar-refractivity contribution in [2.24, 2.45) is 0 Å². The lowest BCUT2D eigenvalue weighted by Gasteiger charge is -2.10. The Hall–Kier alpha value is -2.99.